The van der Waals surface area contributed by atoms with Crippen LogP contribution in [0.4, 0.5) is 10.1 Å². The fourth-order valence-corrected chi connectivity index (χ4v) is 6.91. The molecular formula is C28H32Cl2FN3O3. The van der Waals surface area contributed by atoms with Gasteiger partial charge in [-0.25, -0.2) is 4.39 Å². The molecule has 1 saturated carbocycles. The van der Waals surface area contributed by atoms with Crippen molar-refractivity contribution in [2.75, 3.05) is 5.32 Å². The Morgan fingerprint density at radius 1 is 1.19 bits per heavy atom. The summed E-state index contributed by atoms with van der Waals surface area (Å²) < 4.78 is 15.7. The first kappa shape index (κ1) is 26.4. The fourth-order valence-electron chi connectivity index (χ4n) is 6.56. The molecule has 1 aliphatic carbocycles. The lowest BCUT2D eigenvalue weighted by molar-refractivity contribution is -0.124. The predicted molar refractivity (Wildman–Crippen MR) is 142 cm³/mol. The number of benzene rings is 2. The summed E-state index contributed by atoms with van der Waals surface area (Å²) in [4.78, 5) is 27.9. The first-order chi connectivity index (χ1) is 17.6. The maximum Gasteiger partial charge on any atom is 0.238 e. The maximum atomic E-state index is 15.7. The standard InChI is InChI=1S/C28H32Cl2FN3O3/c1-14(2)12-22-28(19-11-6-15(29)13-21(19)33-27(28)37)23(18-4-3-5-20(30)24(18)31)25(34-22)26(36)32-16-7-9-17(35)10-8-16/h3-6,11,13-14,16-17,22-23,25,34-35H,7-10,12H2,1-2H3,(H,32,36)(H,33,37)/t16-,17-,22-,23+,25-,28+/m1/s1. The monoisotopic (exact) mass is 547 g/mol. The largest absolute Gasteiger partial charge is 0.393 e. The predicted octanol–water partition coefficient (Wildman–Crippen LogP) is 4.91. The zero-order chi connectivity index (χ0) is 26.5. The van der Waals surface area contributed by atoms with E-state index in [1.165, 1.54) is 6.07 Å². The van der Waals surface area contributed by atoms with Crippen molar-refractivity contribution in [3.05, 3.63) is 63.4 Å². The van der Waals surface area contributed by atoms with Crippen molar-refractivity contribution >= 4 is 40.7 Å². The molecule has 6 nitrogen and oxygen atoms in total. The van der Waals surface area contributed by atoms with E-state index in [-0.39, 0.29) is 40.5 Å². The molecule has 0 aromatic heterocycles. The number of anilines is 1. The van der Waals surface area contributed by atoms with Crippen molar-refractivity contribution in [1.82, 2.24) is 10.6 Å². The number of rotatable bonds is 5. The average Bonchev–Trinajstić information content (AvgIpc) is 3.32. The number of carbonyl (C=O) groups excluding carboxylic acids is 2. The Labute approximate surface area is 226 Å². The van der Waals surface area contributed by atoms with Crippen molar-refractivity contribution in [1.29, 1.82) is 0 Å². The number of carbonyl (C=O) groups is 2. The molecule has 2 aliphatic heterocycles. The Balaban J connectivity index is 1.65. The Hall–Kier alpha value is -2.19. The van der Waals surface area contributed by atoms with Crippen LogP contribution in [0.3, 0.4) is 0 Å². The zero-order valence-corrected chi connectivity index (χ0v) is 22.4. The molecule has 2 fully saturated rings. The Bertz CT molecular complexity index is 1220. The van der Waals surface area contributed by atoms with Gasteiger partial charge in [0.1, 0.15) is 11.2 Å². The number of aliphatic hydroxyl groups is 1. The summed E-state index contributed by atoms with van der Waals surface area (Å²) in [5.74, 6) is -1.86. The zero-order valence-electron chi connectivity index (χ0n) is 20.9. The lowest BCUT2D eigenvalue weighted by atomic mass is 9.63. The molecular weight excluding hydrogens is 516 g/mol. The second-order valence-electron chi connectivity index (χ2n) is 11.0. The molecule has 3 aliphatic rings. The summed E-state index contributed by atoms with van der Waals surface area (Å²) in [6.07, 6.45) is 2.80. The molecule has 4 N–H and O–H groups in total. The van der Waals surface area contributed by atoms with E-state index in [1.54, 1.807) is 24.3 Å². The van der Waals surface area contributed by atoms with E-state index in [0.29, 0.717) is 48.4 Å². The number of fused-ring (bicyclic) bond motifs is 2. The van der Waals surface area contributed by atoms with Crippen LogP contribution in [0, 0.1) is 11.7 Å². The molecule has 0 radical (unpaired) electrons. The van der Waals surface area contributed by atoms with E-state index in [9.17, 15) is 14.7 Å². The summed E-state index contributed by atoms with van der Waals surface area (Å²) >= 11 is 12.5. The number of halogens is 3. The fraction of sp³-hybridized carbons (Fsp3) is 0.500. The highest BCUT2D eigenvalue weighted by Crippen LogP contribution is 2.56. The SMILES string of the molecule is CC(C)C[C@H]1N[C@@H](C(=O)N[C@H]2CC[C@H](O)CC2)[C@H](c2cccc(Cl)c2F)[C@@]12C(=O)Nc1cc(Cl)ccc12. The van der Waals surface area contributed by atoms with Crippen molar-refractivity contribution in [2.45, 2.75) is 81.5 Å². The number of aliphatic hydroxyl groups excluding tert-OH is 1. The van der Waals surface area contributed by atoms with Crippen molar-refractivity contribution in [3.8, 4) is 0 Å². The van der Waals surface area contributed by atoms with Gasteiger partial charge in [-0.15, -0.1) is 0 Å². The summed E-state index contributed by atoms with van der Waals surface area (Å²) in [6, 6.07) is 8.55. The molecule has 9 heteroatoms. The van der Waals surface area contributed by atoms with Gasteiger partial charge in [-0.1, -0.05) is 55.2 Å². The van der Waals surface area contributed by atoms with Gasteiger partial charge in [0.2, 0.25) is 11.8 Å². The molecule has 2 amide bonds. The number of amides is 2. The van der Waals surface area contributed by atoms with E-state index >= 15 is 4.39 Å². The summed E-state index contributed by atoms with van der Waals surface area (Å²) in [5, 5.41) is 19.9. The lowest BCUT2D eigenvalue weighted by Crippen LogP contribution is -2.49. The second kappa shape index (κ2) is 10.2. The Kier molecular flexibility index (Phi) is 7.26. The first-order valence-electron chi connectivity index (χ1n) is 12.9. The second-order valence-corrected chi connectivity index (χ2v) is 11.8. The van der Waals surface area contributed by atoms with Gasteiger partial charge in [0, 0.05) is 28.7 Å². The highest BCUT2D eigenvalue weighted by Gasteiger charge is 2.65. The number of hydrogen-bond donors (Lipinski definition) is 4. The van der Waals surface area contributed by atoms with Crippen LogP contribution in [-0.4, -0.2) is 41.2 Å². The topological polar surface area (TPSA) is 90.5 Å². The van der Waals surface area contributed by atoms with Crippen molar-refractivity contribution < 1.29 is 19.1 Å². The average molecular weight is 548 g/mol. The van der Waals surface area contributed by atoms with Gasteiger partial charge in [0.25, 0.3) is 0 Å². The van der Waals surface area contributed by atoms with Gasteiger partial charge in [-0.3, -0.25) is 9.59 Å². The third kappa shape index (κ3) is 4.54. The van der Waals surface area contributed by atoms with Gasteiger partial charge in [0.05, 0.1) is 17.2 Å². The molecule has 2 heterocycles. The van der Waals surface area contributed by atoms with Crippen LogP contribution >= 0.6 is 23.2 Å². The third-order valence-corrected chi connectivity index (χ3v) is 8.68. The van der Waals surface area contributed by atoms with Crippen LogP contribution in [0.25, 0.3) is 0 Å². The Morgan fingerprint density at radius 2 is 1.92 bits per heavy atom. The van der Waals surface area contributed by atoms with Crippen LogP contribution < -0.4 is 16.0 Å². The van der Waals surface area contributed by atoms with Gasteiger partial charge < -0.3 is 21.1 Å². The normalized spacial score (nSPS) is 31.0. The van der Waals surface area contributed by atoms with Gasteiger partial charge in [0.15, 0.2) is 0 Å². The van der Waals surface area contributed by atoms with Gasteiger partial charge in [-0.05, 0) is 67.3 Å². The van der Waals surface area contributed by atoms with E-state index in [0.717, 1.165) is 0 Å². The van der Waals surface area contributed by atoms with Crippen LogP contribution in [0.1, 0.15) is 63.0 Å². The van der Waals surface area contributed by atoms with Crippen LogP contribution in [0.2, 0.25) is 10.0 Å². The molecule has 2 aromatic rings. The third-order valence-electron chi connectivity index (χ3n) is 8.15. The first-order valence-corrected chi connectivity index (χ1v) is 13.7. The van der Waals surface area contributed by atoms with Gasteiger partial charge in [-0.2, -0.15) is 0 Å². The molecule has 37 heavy (non-hydrogen) atoms. The molecule has 0 bridgehead atoms. The van der Waals surface area contributed by atoms with Crippen molar-refractivity contribution in [3.63, 3.8) is 0 Å². The summed E-state index contributed by atoms with van der Waals surface area (Å²) in [5.41, 5.74) is 0.243. The van der Waals surface area contributed by atoms with Crippen LogP contribution in [-0.2, 0) is 15.0 Å². The minimum Gasteiger partial charge on any atom is -0.393 e. The molecule has 2 aromatic carbocycles. The Morgan fingerprint density at radius 3 is 2.62 bits per heavy atom. The maximum absolute atomic E-state index is 15.7. The van der Waals surface area contributed by atoms with Crippen LogP contribution in [0.5, 0.6) is 0 Å². The van der Waals surface area contributed by atoms with Crippen LogP contribution in [0.15, 0.2) is 36.4 Å². The van der Waals surface area contributed by atoms with E-state index in [4.69, 9.17) is 23.2 Å². The molecule has 1 saturated heterocycles. The highest BCUT2D eigenvalue weighted by molar-refractivity contribution is 6.31. The number of hydrogen-bond acceptors (Lipinski definition) is 4. The minimum atomic E-state index is -1.25. The van der Waals surface area contributed by atoms with E-state index in [2.05, 4.69) is 29.8 Å². The highest BCUT2D eigenvalue weighted by atomic mass is 35.5. The lowest BCUT2D eigenvalue weighted by Gasteiger charge is -2.36. The summed E-state index contributed by atoms with van der Waals surface area (Å²) in [7, 11) is 0. The molecule has 4 atom stereocenters. The molecule has 0 unspecified atom stereocenters. The van der Waals surface area contributed by atoms with E-state index in [1.807, 2.05) is 6.07 Å². The molecule has 198 valence electrons. The summed E-state index contributed by atoms with van der Waals surface area (Å²) in [6.45, 7) is 4.11. The quantitative estimate of drug-likeness (QED) is 0.428. The molecule has 1 spiro atoms. The molecule has 5 rings (SSSR count). The minimum absolute atomic E-state index is 0.0601. The van der Waals surface area contributed by atoms with E-state index < -0.39 is 29.2 Å². The van der Waals surface area contributed by atoms with Crippen molar-refractivity contribution in [2.24, 2.45) is 5.92 Å². The smallest absolute Gasteiger partial charge is 0.238 e. The van der Waals surface area contributed by atoms with Gasteiger partial charge >= 0.3 is 0 Å². The number of nitrogens with one attached hydrogen (secondary N) is 3.